The van der Waals surface area contributed by atoms with Gasteiger partial charge in [0.2, 0.25) is 0 Å². The van der Waals surface area contributed by atoms with E-state index in [1.165, 1.54) is 107 Å². The Bertz CT molecular complexity index is 630. The number of amides is 1. The summed E-state index contributed by atoms with van der Waals surface area (Å²) >= 11 is 0. The van der Waals surface area contributed by atoms with E-state index in [9.17, 15) is 4.79 Å². The van der Waals surface area contributed by atoms with E-state index in [4.69, 9.17) is 4.74 Å². The molecule has 1 unspecified atom stereocenters. The van der Waals surface area contributed by atoms with Crippen molar-refractivity contribution in [3.05, 3.63) is 29.8 Å². The highest BCUT2D eigenvalue weighted by atomic mass is 16.5. The molecule has 4 nitrogen and oxygen atoms in total. The highest BCUT2D eigenvalue weighted by Crippen LogP contribution is 2.14. The molecule has 0 aliphatic rings. The van der Waals surface area contributed by atoms with Crippen LogP contribution in [0.1, 0.15) is 122 Å². The molecule has 0 aliphatic heterocycles. The number of quaternary nitrogens is 2. The molecule has 0 aromatic heterocycles. The molecular weight excluding hydrogens is 444 g/mol. The first kappa shape index (κ1) is 32.6. The number of likely N-dealkylation sites (N-methyl/N-ethyl adjacent to an activating group) is 1. The van der Waals surface area contributed by atoms with E-state index in [0.29, 0.717) is 5.91 Å². The van der Waals surface area contributed by atoms with Crippen LogP contribution in [0, 0.1) is 0 Å². The van der Waals surface area contributed by atoms with Gasteiger partial charge in [0.25, 0.3) is 0 Å². The van der Waals surface area contributed by atoms with Gasteiger partial charge in [-0.05, 0) is 24.1 Å². The summed E-state index contributed by atoms with van der Waals surface area (Å²) in [5.41, 5.74) is 1.28. The Hall–Kier alpha value is -1.39. The van der Waals surface area contributed by atoms with E-state index in [0.717, 1.165) is 49.5 Å². The lowest BCUT2D eigenvalue weighted by Crippen LogP contribution is -3.20. The van der Waals surface area contributed by atoms with Gasteiger partial charge in [-0.1, -0.05) is 115 Å². The summed E-state index contributed by atoms with van der Waals surface area (Å²) in [6, 6.07) is 8.26. The monoisotopic (exact) mass is 504 g/mol. The van der Waals surface area contributed by atoms with Gasteiger partial charge in [-0.15, -0.1) is 0 Å². The Morgan fingerprint density at radius 1 is 0.667 bits per heavy atom. The summed E-state index contributed by atoms with van der Waals surface area (Å²) in [7, 11) is 6.03. The van der Waals surface area contributed by atoms with E-state index >= 15 is 0 Å². The Morgan fingerprint density at radius 2 is 1.14 bits per heavy atom. The lowest BCUT2D eigenvalue weighted by molar-refractivity contribution is -0.902. The molecule has 4 heteroatoms. The minimum atomic E-state index is 0.412. The van der Waals surface area contributed by atoms with Gasteiger partial charge >= 0.3 is 5.91 Å². The Labute approximate surface area is 224 Å². The van der Waals surface area contributed by atoms with E-state index in [1.807, 2.05) is 12.1 Å². The second-order valence-corrected chi connectivity index (χ2v) is 11.1. The number of carbonyl (C=O) groups excluding carboxylic acids is 1. The maximum absolute atomic E-state index is 13.0. The molecule has 0 saturated heterocycles. The third kappa shape index (κ3) is 17.9. The maximum Gasteiger partial charge on any atom is 0.312 e. The van der Waals surface area contributed by atoms with Crippen LogP contribution in [0.15, 0.2) is 24.3 Å². The summed E-state index contributed by atoms with van der Waals surface area (Å²) in [6.07, 6.45) is 23.6. The first-order valence-electron chi connectivity index (χ1n) is 15.4. The van der Waals surface area contributed by atoms with Gasteiger partial charge in [-0.25, -0.2) is 4.79 Å². The second-order valence-electron chi connectivity index (χ2n) is 11.1. The highest BCUT2D eigenvalue weighted by molar-refractivity contribution is 5.66. The maximum atomic E-state index is 13.0. The highest BCUT2D eigenvalue weighted by Gasteiger charge is 2.20. The zero-order valence-corrected chi connectivity index (χ0v) is 24.5. The van der Waals surface area contributed by atoms with E-state index in [1.54, 1.807) is 7.11 Å². The van der Waals surface area contributed by atoms with Crippen LogP contribution < -0.4 is 14.5 Å². The summed E-state index contributed by atoms with van der Waals surface area (Å²) in [5.74, 6) is 1.30. The molecule has 0 saturated carbocycles. The van der Waals surface area contributed by atoms with Crippen molar-refractivity contribution in [1.82, 2.24) is 0 Å². The molecule has 208 valence electrons. The standard InChI is InChI=1S/C32H58N2O2/c1-5-6-7-8-9-10-11-12-13-14-15-16-17-18-19-20-21-32(35)34(29-28-33(2)3)27-26-30-22-24-31(36-4)25-23-30/h22-25H,5-21,26-29H2,1-4H3/p+2. The molecular formula is C32H60N2O2+2. The van der Waals surface area contributed by atoms with E-state index in [2.05, 4.69) is 33.2 Å². The fraction of sp³-hybridized carbons (Fsp3) is 0.781. The summed E-state index contributed by atoms with van der Waals surface area (Å²) < 4.78 is 5.26. The van der Waals surface area contributed by atoms with Gasteiger partial charge in [0.1, 0.15) is 18.8 Å². The minimum absolute atomic E-state index is 0.412. The average molecular weight is 505 g/mol. The number of carbonyl (C=O) groups is 1. The number of hydrogen-bond acceptors (Lipinski definition) is 2. The summed E-state index contributed by atoms with van der Waals surface area (Å²) in [4.78, 5) is 15.5. The Morgan fingerprint density at radius 3 is 1.58 bits per heavy atom. The number of benzene rings is 1. The average Bonchev–Trinajstić information content (AvgIpc) is 2.88. The zero-order valence-electron chi connectivity index (χ0n) is 24.5. The minimum Gasteiger partial charge on any atom is -0.497 e. The predicted octanol–water partition coefficient (Wildman–Crippen LogP) is 5.45. The van der Waals surface area contributed by atoms with Crippen LogP contribution in [0.25, 0.3) is 0 Å². The number of rotatable bonds is 24. The van der Waals surface area contributed by atoms with Crippen molar-refractivity contribution in [1.29, 1.82) is 0 Å². The summed E-state index contributed by atoms with van der Waals surface area (Å²) in [5, 5.41) is 0. The van der Waals surface area contributed by atoms with E-state index < -0.39 is 0 Å². The number of nitrogens with one attached hydrogen (secondary N) is 2. The first-order valence-corrected chi connectivity index (χ1v) is 15.4. The number of methoxy groups -OCH3 is 1. The molecule has 1 aromatic rings. The van der Waals surface area contributed by atoms with Crippen molar-refractivity contribution in [3.63, 3.8) is 0 Å². The van der Waals surface area contributed by atoms with Gasteiger partial charge in [0.05, 0.1) is 34.2 Å². The van der Waals surface area contributed by atoms with Crippen LogP contribution in [-0.4, -0.2) is 46.7 Å². The first-order chi connectivity index (χ1) is 17.6. The van der Waals surface area contributed by atoms with Crippen molar-refractivity contribution in [3.8, 4) is 5.75 Å². The molecule has 0 spiro atoms. The van der Waals surface area contributed by atoms with Crippen LogP contribution in [0.3, 0.4) is 0 Å². The molecule has 1 amide bonds. The largest absolute Gasteiger partial charge is 0.497 e. The molecule has 0 bridgehead atoms. The fourth-order valence-corrected chi connectivity index (χ4v) is 4.90. The number of hydrogen-bond donors (Lipinski definition) is 2. The van der Waals surface area contributed by atoms with Gasteiger partial charge in [0, 0.05) is 6.42 Å². The normalized spacial score (nSPS) is 12.2. The number of ether oxygens (including phenoxy) is 1. The van der Waals surface area contributed by atoms with E-state index in [-0.39, 0.29) is 0 Å². The molecule has 36 heavy (non-hydrogen) atoms. The molecule has 2 N–H and O–H groups in total. The molecule has 1 atom stereocenters. The Kier molecular flexibility index (Phi) is 20.7. The van der Waals surface area contributed by atoms with Crippen molar-refractivity contribution < 1.29 is 19.3 Å². The van der Waals surface area contributed by atoms with Crippen molar-refractivity contribution in [2.75, 3.05) is 40.8 Å². The molecule has 1 aromatic carbocycles. The molecule has 1 rings (SSSR count). The third-order valence-electron chi connectivity index (χ3n) is 7.45. The molecule has 0 fully saturated rings. The fourth-order valence-electron chi connectivity index (χ4n) is 4.90. The smallest absolute Gasteiger partial charge is 0.312 e. The SMILES string of the molecule is CCCCCCCCCCCCCCCCCCC(=O)[NH+](CCc1ccc(OC)cc1)CC[NH+](C)C. The van der Waals surface area contributed by atoms with Crippen LogP contribution in [-0.2, 0) is 11.2 Å². The number of unbranched alkanes of at least 4 members (excludes halogenated alkanes) is 15. The van der Waals surface area contributed by atoms with Gasteiger partial charge in [0.15, 0.2) is 0 Å². The van der Waals surface area contributed by atoms with Crippen molar-refractivity contribution >= 4 is 5.91 Å². The molecule has 0 radical (unpaired) electrons. The quantitative estimate of drug-likeness (QED) is 0.184. The van der Waals surface area contributed by atoms with Crippen LogP contribution in [0.2, 0.25) is 0 Å². The molecule has 0 heterocycles. The molecule has 0 aliphatic carbocycles. The lowest BCUT2D eigenvalue weighted by Gasteiger charge is -2.18. The van der Waals surface area contributed by atoms with Crippen LogP contribution in [0.4, 0.5) is 0 Å². The van der Waals surface area contributed by atoms with Gasteiger partial charge < -0.3 is 9.64 Å². The predicted molar refractivity (Wildman–Crippen MR) is 154 cm³/mol. The summed E-state index contributed by atoms with van der Waals surface area (Å²) in [6.45, 7) is 5.13. The van der Waals surface area contributed by atoms with Crippen molar-refractivity contribution in [2.24, 2.45) is 0 Å². The van der Waals surface area contributed by atoms with Crippen molar-refractivity contribution in [2.45, 2.75) is 122 Å². The lowest BCUT2D eigenvalue weighted by atomic mass is 10.0. The zero-order chi connectivity index (χ0) is 26.3. The van der Waals surface area contributed by atoms with Crippen LogP contribution in [0.5, 0.6) is 5.75 Å². The van der Waals surface area contributed by atoms with Crippen LogP contribution >= 0.6 is 0 Å². The topological polar surface area (TPSA) is 35.2 Å². The van der Waals surface area contributed by atoms with Gasteiger partial charge in [-0.3, -0.25) is 4.90 Å². The second kappa shape index (κ2) is 22.8. The third-order valence-corrected chi connectivity index (χ3v) is 7.45. The Balaban J connectivity index is 2.08. The van der Waals surface area contributed by atoms with Gasteiger partial charge in [-0.2, -0.15) is 0 Å².